The third-order valence-corrected chi connectivity index (χ3v) is 2.84. The zero-order valence-corrected chi connectivity index (χ0v) is 12.3. The van der Waals surface area contributed by atoms with Crippen LogP contribution >= 0.6 is 11.6 Å². The molecule has 0 atom stereocenters. The fourth-order valence-electron chi connectivity index (χ4n) is 1.60. The summed E-state index contributed by atoms with van der Waals surface area (Å²) in [6.07, 6.45) is 0.723. The van der Waals surface area contributed by atoms with Gasteiger partial charge in [-0.2, -0.15) is 0 Å². The minimum Gasteiger partial charge on any atom is -0.396 e. The number of nitrogens with zero attached hydrogens (tertiary/aromatic N) is 3. The van der Waals surface area contributed by atoms with Gasteiger partial charge in [-0.3, -0.25) is 0 Å². The van der Waals surface area contributed by atoms with Gasteiger partial charge < -0.3 is 10.0 Å². The number of aromatic nitrogens is 2. The molecule has 1 aromatic heterocycles. The minimum absolute atomic E-state index is 0.129. The average Bonchev–Trinajstić information content (AvgIpc) is 2.28. The smallest absolute Gasteiger partial charge is 0.137 e. The lowest BCUT2D eigenvalue weighted by Crippen LogP contribution is -2.27. The van der Waals surface area contributed by atoms with Crippen LogP contribution in [-0.2, 0) is 5.41 Å². The van der Waals surface area contributed by atoms with Crippen molar-refractivity contribution < 1.29 is 5.11 Å². The van der Waals surface area contributed by atoms with E-state index in [0.717, 1.165) is 31.2 Å². The van der Waals surface area contributed by atoms with Crippen LogP contribution in [-0.4, -0.2) is 34.8 Å². The number of anilines is 1. The Balaban J connectivity index is 3.04. The van der Waals surface area contributed by atoms with E-state index < -0.39 is 0 Å². The molecule has 0 aliphatic heterocycles. The Hall–Kier alpha value is -0.870. The molecule has 1 aromatic rings. The molecule has 4 nitrogen and oxygen atoms in total. The summed E-state index contributed by atoms with van der Waals surface area (Å²) < 4.78 is 0. The van der Waals surface area contributed by atoms with E-state index in [4.69, 9.17) is 16.7 Å². The molecule has 0 aromatic carbocycles. The first kappa shape index (κ1) is 15.2. The summed E-state index contributed by atoms with van der Waals surface area (Å²) in [5, 5.41) is 9.38. The van der Waals surface area contributed by atoms with Crippen molar-refractivity contribution in [3.63, 3.8) is 0 Å². The first-order valence-electron chi connectivity index (χ1n) is 6.29. The maximum absolute atomic E-state index is 8.91. The molecular weight excluding hydrogens is 250 g/mol. The molecule has 1 heterocycles. The second-order valence-electron chi connectivity index (χ2n) is 5.28. The number of aliphatic hydroxyl groups is 1. The fraction of sp³-hybridized carbons (Fsp3) is 0.692. The third-order valence-electron chi connectivity index (χ3n) is 2.64. The van der Waals surface area contributed by atoms with Gasteiger partial charge in [0.05, 0.1) is 0 Å². The third kappa shape index (κ3) is 4.10. The summed E-state index contributed by atoms with van der Waals surface area (Å²) in [4.78, 5) is 11.0. The Bertz CT molecular complexity index is 390. The highest BCUT2D eigenvalue weighted by atomic mass is 35.5. The lowest BCUT2D eigenvalue weighted by molar-refractivity contribution is 0.289. The van der Waals surface area contributed by atoms with Crippen molar-refractivity contribution in [2.24, 2.45) is 0 Å². The van der Waals surface area contributed by atoms with Crippen molar-refractivity contribution in [3.8, 4) is 0 Å². The molecule has 0 aliphatic carbocycles. The van der Waals surface area contributed by atoms with Crippen molar-refractivity contribution >= 4 is 17.4 Å². The van der Waals surface area contributed by atoms with Crippen LogP contribution in [0.3, 0.4) is 0 Å². The van der Waals surface area contributed by atoms with Crippen molar-refractivity contribution in [1.82, 2.24) is 9.97 Å². The van der Waals surface area contributed by atoms with E-state index >= 15 is 0 Å². The van der Waals surface area contributed by atoms with Gasteiger partial charge >= 0.3 is 0 Å². The summed E-state index contributed by atoms with van der Waals surface area (Å²) in [6.45, 7) is 10.0. The van der Waals surface area contributed by atoms with Gasteiger partial charge in [-0.15, -0.1) is 0 Å². The molecule has 0 aliphatic rings. The molecule has 18 heavy (non-hydrogen) atoms. The van der Waals surface area contributed by atoms with Crippen LogP contribution in [0.5, 0.6) is 0 Å². The van der Waals surface area contributed by atoms with Crippen LogP contribution < -0.4 is 4.90 Å². The van der Waals surface area contributed by atoms with E-state index in [9.17, 15) is 0 Å². The van der Waals surface area contributed by atoms with E-state index in [0.29, 0.717) is 5.15 Å². The Kier molecular flexibility index (Phi) is 5.35. The van der Waals surface area contributed by atoms with Gasteiger partial charge in [0.1, 0.15) is 16.8 Å². The number of halogens is 1. The summed E-state index contributed by atoms with van der Waals surface area (Å²) >= 11 is 6.06. The predicted molar refractivity (Wildman–Crippen MR) is 75.3 cm³/mol. The van der Waals surface area contributed by atoms with Crippen LogP contribution in [0.2, 0.25) is 5.15 Å². The topological polar surface area (TPSA) is 49.2 Å². The minimum atomic E-state index is -0.129. The summed E-state index contributed by atoms with van der Waals surface area (Å²) in [5.74, 6) is 1.57. The van der Waals surface area contributed by atoms with E-state index in [1.54, 1.807) is 6.07 Å². The first-order valence-corrected chi connectivity index (χ1v) is 6.67. The van der Waals surface area contributed by atoms with Crippen molar-refractivity contribution in [3.05, 3.63) is 17.0 Å². The number of aliphatic hydroxyl groups excluding tert-OH is 1. The normalized spacial score (nSPS) is 11.7. The van der Waals surface area contributed by atoms with Crippen molar-refractivity contribution in [2.75, 3.05) is 24.6 Å². The molecule has 0 saturated carbocycles. The molecule has 0 bridgehead atoms. The molecule has 0 saturated heterocycles. The molecule has 0 radical (unpaired) electrons. The number of hydrogen-bond acceptors (Lipinski definition) is 4. The molecular formula is C13H22ClN3O. The van der Waals surface area contributed by atoms with Crippen molar-refractivity contribution in [1.29, 1.82) is 0 Å². The van der Waals surface area contributed by atoms with Gasteiger partial charge in [0.25, 0.3) is 0 Å². The lowest BCUT2D eigenvalue weighted by atomic mass is 9.96. The van der Waals surface area contributed by atoms with E-state index in [1.165, 1.54) is 0 Å². The molecule has 1 N–H and O–H groups in total. The van der Waals surface area contributed by atoms with Gasteiger partial charge in [0, 0.05) is 31.2 Å². The summed E-state index contributed by atoms with van der Waals surface area (Å²) in [6, 6.07) is 1.78. The summed E-state index contributed by atoms with van der Waals surface area (Å²) in [7, 11) is 0. The first-order chi connectivity index (χ1) is 8.38. The molecule has 102 valence electrons. The van der Waals surface area contributed by atoms with Crippen LogP contribution in [0.25, 0.3) is 0 Å². The van der Waals surface area contributed by atoms with Crippen LogP contribution in [0.1, 0.15) is 39.9 Å². The zero-order chi connectivity index (χ0) is 13.8. The molecule has 0 fully saturated rings. The average molecular weight is 272 g/mol. The molecule has 1 rings (SSSR count). The van der Waals surface area contributed by atoms with Crippen LogP contribution in [0.15, 0.2) is 6.07 Å². The van der Waals surface area contributed by atoms with Gasteiger partial charge in [0.15, 0.2) is 0 Å². The molecule has 0 spiro atoms. The van der Waals surface area contributed by atoms with Gasteiger partial charge in [-0.1, -0.05) is 32.4 Å². The molecule has 0 amide bonds. The highest BCUT2D eigenvalue weighted by molar-refractivity contribution is 6.29. The Morgan fingerprint density at radius 2 is 2.00 bits per heavy atom. The highest BCUT2D eigenvalue weighted by Crippen LogP contribution is 2.24. The van der Waals surface area contributed by atoms with Gasteiger partial charge in [0.2, 0.25) is 0 Å². The Morgan fingerprint density at radius 1 is 1.33 bits per heavy atom. The monoisotopic (exact) mass is 271 g/mol. The van der Waals surface area contributed by atoms with E-state index in [1.807, 2.05) is 0 Å². The molecule has 0 unspecified atom stereocenters. The standard InChI is InChI=1S/C13H22ClN3O/c1-5-17(7-6-8-18)11-9-10(14)15-12(16-11)13(2,3)4/h9,18H,5-8H2,1-4H3. The lowest BCUT2D eigenvalue weighted by Gasteiger charge is -2.24. The largest absolute Gasteiger partial charge is 0.396 e. The maximum Gasteiger partial charge on any atom is 0.137 e. The molecule has 5 heteroatoms. The summed E-state index contributed by atoms with van der Waals surface area (Å²) in [5.41, 5.74) is -0.129. The zero-order valence-electron chi connectivity index (χ0n) is 11.6. The van der Waals surface area contributed by atoms with Gasteiger partial charge in [-0.05, 0) is 13.3 Å². The van der Waals surface area contributed by atoms with Crippen LogP contribution in [0.4, 0.5) is 5.82 Å². The Labute approximate surface area is 114 Å². The van der Waals surface area contributed by atoms with Crippen molar-refractivity contribution in [2.45, 2.75) is 39.5 Å². The number of rotatable bonds is 5. The Morgan fingerprint density at radius 3 is 2.50 bits per heavy atom. The maximum atomic E-state index is 8.91. The second kappa shape index (κ2) is 6.34. The fourth-order valence-corrected chi connectivity index (χ4v) is 1.78. The van der Waals surface area contributed by atoms with E-state index in [-0.39, 0.29) is 12.0 Å². The second-order valence-corrected chi connectivity index (χ2v) is 5.67. The number of hydrogen-bond donors (Lipinski definition) is 1. The van der Waals surface area contributed by atoms with Gasteiger partial charge in [-0.25, -0.2) is 9.97 Å². The SMILES string of the molecule is CCN(CCCO)c1cc(Cl)nc(C(C)(C)C)n1. The van der Waals surface area contributed by atoms with E-state index in [2.05, 4.69) is 42.6 Å². The quantitative estimate of drug-likeness (QED) is 0.837. The van der Waals surface area contributed by atoms with Crippen LogP contribution in [0, 0.1) is 0 Å². The predicted octanol–water partition coefficient (Wildman–Crippen LogP) is 2.64. The highest BCUT2D eigenvalue weighted by Gasteiger charge is 2.20.